The zero-order valence-electron chi connectivity index (χ0n) is 11.7. The van der Waals surface area contributed by atoms with E-state index in [1.165, 1.54) is 25.0 Å². The Labute approximate surface area is 119 Å². The molecule has 1 aliphatic carbocycles. The van der Waals surface area contributed by atoms with E-state index in [2.05, 4.69) is 0 Å². The highest BCUT2D eigenvalue weighted by molar-refractivity contribution is 5.29. The van der Waals surface area contributed by atoms with Crippen molar-refractivity contribution in [2.75, 3.05) is 6.61 Å². The molecule has 1 aromatic rings. The SMILES string of the molecule is NCc1cc(F)cc(OC2CCOC3(CCCC3)C2)c1. The normalized spacial score (nSPS) is 25.0. The van der Waals surface area contributed by atoms with Gasteiger partial charge in [-0.1, -0.05) is 12.8 Å². The van der Waals surface area contributed by atoms with Crippen LogP contribution < -0.4 is 10.5 Å². The van der Waals surface area contributed by atoms with Crippen LogP contribution in [-0.4, -0.2) is 18.3 Å². The second kappa shape index (κ2) is 5.70. The van der Waals surface area contributed by atoms with E-state index in [1.54, 1.807) is 0 Å². The van der Waals surface area contributed by atoms with Gasteiger partial charge in [-0.05, 0) is 30.5 Å². The predicted octanol–water partition coefficient (Wildman–Crippen LogP) is 3.16. The summed E-state index contributed by atoms with van der Waals surface area (Å²) in [6, 6.07) is 4.73. The lowest BCUT2D eigenvalue weighted by atomic mass is 9.90. The number of hydrogen-bond donors (Lipinski definition) is 1. The maximum absolute atomic E-state index is 13.5. The Morgan fingerprint density at radius 1 is 1.30 bits per heavy atom. The minimum absolute atomic E-state index is 0.0208. The van der Waals surface area contributed by atoms with Crippen molar-refractivity contribution in [1.82, 2.24) is 0 Å². The van der Waals surface area contributed by atoms with Gasteiger partial charge in [0.15, 0.2) is 0 Å². The van der Waals surface area contributed by atoms with Crippen LogP contribution in [0.3, 0.4) is 0 Å². The molecule has 0 amide bonds. The highest BCUT2D eigenvalue weighted by Gasteiger charge is 2.40. The molecule has 2 fully saturated rings. The summed E-state index contributed by atoms with van der Waals surface area (Å²) in [5, 5.41) is 0. The summed E-state index contributed by atoms with van der Waals surface area (Å²) in [6.07, 6.45) is 6.65. The summed E-state index contributed by atoms with van der Waals surface area (Å²) in [5.41, 5.74) is 6.36. The van der Waals surface area contributed by atoms with E-state index < -0.39 is 0 Å². The van der Waals surface area contributed by atoms with Crippen LogP contribution in [0.25, 0.3) is 0 Å². The van der Waals surface area contributed by atoms with Gasteiger partial charge in [0.25, 0.3) is 0 Å². The minimum atomic E-state index is -0.286. The van der Waals surface area contributed by atoms with Crippen LogP contribution >= 0.6 is 0 Å². The maximum Gasteiger partial charge on any atom is 0.127 e. The molecule has 0 radical (unpaired) electrons. The molecule has 1 aliphatic heterocycles. The highest BCUT2D eigenvalue weighted by atomic mass is 19.1. The van der Waals surface area contributed by atoms with E-state index in [0.717, 1.165) is 37.9 Å². The first-order chi connectivity index (χ1) is 9.69. The molecule has 1 saturated heterocycles. The van der Waals surface area contributed by atoms with Gasteiger partial charge in [0.2, 0.25) is 0 Å². The molecule has 1 spiro atoms. The van der Waals surface area contributed by atoms with E-state index in [-0.39, 0.29) is 17.5 Å². The van der Waals surface area contributed by atoms with Gasteiger partial charge in [0.05, 0.1) is 12.2 Å². The van der Waals surface area contributed by atoms with Gasteiger partial charge in [-0.25, -0.2) is 4.39 Å². The third-order valence-corrected chi connectivity index (χ3v) is 4.43. The van der Waals surface area contributed by atoms with Crippen molar-refractivity contribution in [1.29, 1.82) is 0 Å². The molecule has 3 nitrogen and oxygen atoms in total. The molecule has 3 rings (SSSR count). The largest absolute Gasteiger partial charge is 0.490 e. The molecule has 2 aliphatic rings. The molecule has 1 aromatic carbocycles. The number of halogens is 1. The molecule has 2 N–H and O–H groups in total. The Hall–Kier alpha value is -1.13. The summed E-state index contributed by atoms with van der Waals surface area (Å²) in [7, 11) is 0. The summed E-state index contributed by atoms with van der Waals surface area (Å²) < 4.78 is 25.5. The smallest absolute Gasteiger partial charge is 0.127 e. The van der Waals surface area contributed by atoms with Crippen LogP contribution in [0.4, 0.5) is 4.39 Å². The third-order valence-electron chi connectivity index (χ3n) is 4.43. The average molecular weight is 279 g/mol. The Kier molecular flexibility index (Phi) is 3.94. The molecule has 1 atom stereocenters. The summed E-state index contributed by atoms with van der Waals surface area (Å²) in [6.45, 7) is 1.07. The van der Waals surface area contributed by atoms with Crippen LogP contribution in [-0.2, 0) is 11.3 Å². The van der Waals surface area contributed by atoms with Crippen molar-refractivity contribution in [2.45, 2.75) is 56.8 Å². The van der Waals surface area contributed by atoms with Crippen molar-refractivity contribution >= 4 is 0 Å². The van der Waals surface area contributed by atoms with Gasteiger partial charge >= 0.3 is 0 Å². The quantitative estimate of drug-likeness (QED) is 0.924. The van der Waals surface area contributed by atoms with Gasteiger partial charge in [-0.3, -0.25) is 0 Å². The lowest BCUT2D eigenvalue weighted by molar-refractivity contribution is -0.108. The fraction of sp³-hybridized carbons (Fsp3) is 0.625. The van der Waals surface area contributed by atoms with Crippen LogP contribution in [0, 0.1) is 5.82 Å². The summed E-state index contributed by atoms with van der Waals surface area (Å²) >= 11 is 0. The van der Waals surface area contributed by atoms with Crippen molar-refractivity contribution in [2.24, 2.45) is 5.73 Å². The van der Waals surface area contributed by atoms with E-state index >= 15 is 0 Å². The summed E-state index contributed by atoms with van der Waals surface area (Å²) in [4.78, 5) is 0. The Morgan fingerprint density at radius 2 is 2.10 bits per heavy atom. The Balaban J connectivity index is 1.69. The highest BCUT2D eigenvalue weighted by Crippen LogP contribution is 2.40. The lowest BCUT2D eigenvalue weighted by Crippen LogP contribution is -2.41. The van der Waals surface area contributed by atoms with E-state index in [9.17, 15) is 4.39 Å². The fourth-order valence-corrected chi connectivity index (χ4v) is 3.45. The van der Waals surface area contributed by atoms with Gasteiger partial charge in [0.1, 0.15) is 17.7 Å². The second-order valence-electron chi connectivity index (χ2n) is 5.97. The van der Waals surface area contributed by atoms with Gasteiger partial charge in [-0.15, -0.1) is 0 Å². The van der Waals surface area contributed by atoms with Gasteiger partial charge < -0.3 is 15.2 Å². The van der Waals surface area contributed by atoms with Crippen LogP contribution in [0.15, 0.2) is 18.2 Å². The van der Waals surface area contributed by atoms with Crippen molar-refractivity contribution in [3.05, 3.63) is 29.6 Å². The average Bonchev–Trinajstić information content (AvgIpc) is 2.86. The topological polar surface area (TPSA) is 44.5 Å². The van der Waals surface area contributed by atoms with Crippen molar-refractivity contribution < 1.29 is 13.9 Å². The zero-order chi connectivity index (χ0) is 14.0. The number of benzene rings is 1. The first kappa shape index (κ1) is 13.8. The van der Waals surface area contributed by atoms with Crippen LogP contribution in [0.5, 0.6) is 5.75 Å². The van der Waals surface area contributed by atoms with Gasteiger partial charge in [-0.2, -0.15) is 0 Å². The van der Waals surface area contributed by atoms with Crippen LogP contribution in [0.2, 0.25) is 0 Å². The standard InChI is InChI=1S/C16H22FNO2/c17-13-7-12(11-18)8-15(9-13)20-14-3-6-19-16(10-14)4-1-2-5-16/h7-9,14H,1-6,10-11,18H2. The van der Waals surface area contributed by atoms with Crippen molar-refractivity contribution in [3.8, 4) is 5.75 Å². The van der Waals surface area contributed by atoms with E-state index in [1.807, 2.05) is 6.07 Å². The molecule has 110 valence electrons. The Bertz CT molecular complexity index is 472. The van der Waals surface area contributed by atoms with Crippen LogP contribution in [0.1, 0.15) is 44.1 Å². The zero-order valence-corrected chi connectivity index (χ0v) is 11.7. The van der Waals surface area contributed by atoms with Gasteiger partial charge in [0, 0.05) is 25.5 Å². The molecular weight excluding hydrogens is 257 g/mol. The predicted molar refractivity (Wildman–Crippen MR) is 75.1 cm³/mol. The maximum atomic E-state index is 13.5. The minimum Gasteiger partial charge on any atom is -0.490 e. The molecule has 20 heavy (non-hydrogen) atoms. The molecule has 0 aromatic heterocycles. The summed E-state index contributed by atoms with van der Waals surface area (Å²) in [5.74, 6) is 0.302. The molecule has 4 heteroatoms. The van der Waals surface area contributed by atoms with Crippen molar-refractivity contribution in [3.63, 3.8) is 0 Å². The molecule has 1 unspecified atom stereocenters. The van der Waals surface area contributed by atoms with E-state index in [0.29, 0.717) is 12.3 Å². The number of nitrogens with two attached hydrogens (primary N) is 1. The third kappa shape index (κ3) is 2.96. The number of rotatable bonds is 3. The molecular formula is C16H22FNO2. The molecule has 1 saturated carbocycles. The second-order valence-corrected chi connectivity index (χ2v) is 5.97. The molecule has 1 heterocycles. The number of hydrogen-bond acceptors (Lipinski definition) is 3. The molecule has 0 bridgehead atoms. The Morgan fingerprint density at radius 3 is 2.85 bits per heavy atom. The first-order valence-corrected chi connectivity index (χ1v) is 7.49. The fourth-order valence-electron chi connectivity index (χ4n) is 3.45. The van der Waals surface area contributed by atoms with E-state index in [4.69, 9.17) is 15.2 Å². The monoisotopic (exact) mass is 279 g/mol. The lowest BCUT2D eigenvalue weighted by Gasteiger charge is -2.38. The first-order valence-electron chi connectivity index (χ1n) is 7.49. The number of ether oxygens (including phenoxy) is 2.